The molecule has 5 heteroatoms. The second-order valence-corrected chi connectivity index (χ2v) is 4.68. The number of methoxy groups -OCH3 is 1. The average Bonchev–Trinajstić information content (AvgIpc) is 3.04. The van der Waals surface area contributed by atoms with Gasteiger partial charge in [-0.15, -0.1) is 11.3 Å². The second-order valence-electron chi connectivity index (χ2n) is 3.73. The minimum Gasteiger partial charge on any atom is -0.464 e. The number of rotatable bonds is 2. The van der Waals surface area contributed by atoms with Crippen LogP contribution in [0.2, 0.25) is 0 Å². The highest BCUT2D eigenvalue weighted by Crippen LogP contribution is 2.24. The van der Waals surface area contributed by atoms with E-state index in [4.69, 9.17) is 4.74 Å². The number of nitrogens with zero attached hydrogens (tertiary/aromatic N) is 2. The Kier molecular flexibility index (Phi) is 2.60. The molecule has 0 saturated carbocycles. The number of fused-ring (bicyclic) bond motifs is 1. The van der Waals surface area contributed by atoms with Gasteiger partial charge in [0.2, 0.25) is 0 Å². The Balaban J connectivity index is 2.20. The highest BCUT2D eigenvalue weighted by molar-refractivity contribution is 7.13. The molecule has 0 amide bonds. The van der Waals surface area contributed by atoms with Gasteiger partial charge >= 0.3 is 5.97 Å². The SMILES string of the molecule is COC(=O)c1cccc2nc(-c3cccs3)cn12. The lowest BCUT2D eigenvalue weighted by Crippen LogP contribution is -2.06. The minimum absolute atomic E-state index is 0.365. The zero-order chi connectivity index (χ0) is 12.5. The molecule has 3 rings (SSSR count). The van der Waals surface area contributed by atoms with Gasteiger partial charge in [0.1, 0.15) is 11.3 Å². The van der Waals surface area contributed by atoms with Crippen LogP contribution < -0.4 is 0 Å². The molecule has 0 saturated heterocycles. The number of carbonyl (C=O) groups excluding carboxylic acids is 1. The molecule has 0 atom stereocenters. The number of hydrogen-bond donors (Lipinski definition) is 0. The molecule has 4 nitrogen and oxygen atoms in total. The summed E-state index contributed by atoms with van der Waals surface area (Å²) in [5.41, 5.74) is 2.08. The van der Waals surface area contributed by atoms with Crippen LogP contribution in [-0.4, -0.2) is 22.5 Å². The molecule has 0 fully saturated rings. The van der Waals surface area contributed by atoms with E-state index < -0.39 is 0 Å². The van der Waals surface area contributed by atoms with Gasteiger partial charge in [-0.1, -0.05) is 12.1 Å². The zero-order valence-electron chi connectivity index (χ0n) is 9.66. The van der Waals surface area contributed by atoms with Gasteiger partial charge in [-0.05, 0) is 23.6 Å². The highest BCUT2D eigenvalue weighted by Gasteiger charge is 2.12. The summed E-state index contributed by atoms with van der Waals surface area (Å²) in [4.78, 5) is 17.2. The number of thiophene rings is 1. The Bertz CT molecular complexity index is 701. The maximum absolute atomic E-state index is 11.7. The third-order valence-corrected chi connectivity index (χ3v) is 3.55. The number of ether oxygens (including phenoxy) is 1. The summed E-state index contributed by atoms with van der Waals surface area (Å²) < 4.78 is 6.51. The maximum atomic E-state index is 11.7. The van der Waals surface area contributed by atoms with Gasteiger partial charge in [-0.2, -0.15) is 0 Å². The molecule has 0 aliphatic heterocycles. The van der Waals surface area contributed by atoms with Crippen LogP contribution in [0.5, 0.6) is 0 Å². The van der Waals surface area contributed by atoms with E-state index >= 15 is 0 Å². The van der Waals surface area contributed by atoms with Crippen molar-refractivity contribution >= 4 is 23.0 Å². The molecular formula is C13H10N2O2S. The van der Waals surface area contributed by atoms with Crippen molar-refractivity contribution in [2.45, 2.75) is 0 Å². The Morgan fingerprint density at radius 2 is 2.22 bits per heavy atom. The zero-order valence-corrected chi connectivity index (χ0v) is 10.5. The molecule has 3 aromatic heterocycles. The van der Waals surface area contributed by atoms with Gasteiger partial charge in [-0.3, -0.25) is 4.40 Å². The maximum Gasteiger partial charge on any atom is 0.355 e. The first kappa shape index (κ1) is 11.0. The van der Waals surface area contributed by atoms with Crippen molar-refractivity contribution < 1.29 is 9.53 Å². The predicted molar refractivity (Wildman–Crippen MR) is 69.8 cm³/mol. The van der Waals surface area contributed by atoms with Crippen LogP contribution in [0.4, 0.5) is 0 Å². The summed E-state index contributed by atoms with van der Waals surface area (Å²) >= 11 is 1.62. The molecule has 0 spiro atoms. The Hall–Kier alpha value is -2.14. The number of carbonyl (C=O) groups is 1. The van der Waals surface area contributed by atoms with Crippen LogP contribution in [-0.2, 0) is 4.74 Å². The molecule has 3 aromatic rings. The molecule has 0 radical (unpaired) electrons. The van der Waals surface area contributed by atoms with Crippen LogP contribution in [0, 0.1) is 0 Å². The van der Waals surface area contributed by atoms with E-state index in [9.17, 15) is 4.79 Å². The smallest absolute Gasteiger partial charge is 0.355 e. The van der Waals surface area contributed by atoms with Crippen LogP contribution >= 0.6 is 11.3 Å². The van der Waals surface area contributed by atoms with Crippen LogP contribution in [0.3, 0.4) is 0 Å². The van der Waals surface area contributed by atoms with Gasteiger partial charge in [-0.25, -0.2) is 9.78 Å². The molecule has 0 aromatic carbocycles. The van der Waals surface area contributed by atoms with E-state index in [1.807, 2.05) is 29.8 Å². The van der Waals surface area contributed by atoms with Crippen molar-refractivity contribution in [1.29, 1.82) is 0 Å². The number of hydrogen-bond acceptors (Lipinski definition) is 4. The number of esters is 1. The van der Waals surface area contributed by atoms with E-state index in [0.29, 0.717) is 5.69 Å². The Morgan fingerprint density at radius 1 is 1.33 bits per heavy atom. The van der Waals surface area contributed by atoms with E-state index in [-0.39, 0.29) is 5.97 Å². The molecule has 0 N–H and O–H groups in total. The van der Waals surface area contributed by atoms with E-state index in [1.165, 1.54) is 7.11 Å². The lowest BCUT2D eigenvalue weighted by Gasteiger charge is -2.01. The van der Waals surface area contributed by atoms with Crippen LogP contribution in [0.15, 0.2) is 41.9 Å². The molecule has 0 unspecified atom stereocenters. The first-order valence-corrected chi connectivity index (χ1v) is 6.28. The Labute approximate surface area is 107 Å². The molecule has 0 bridgehead atoms. The lowest BCUT2D eigenvalue weighted by atomic mass is 10.3. The van der Waals surface area contributed by atoms with E-state index in [2.05, 4.69) is 4.98 Å². The third-order valence-electron chi connectivity index (χ3n) is 2.66. The van der Waals surface area contributed by atoms with Gasteiger partial charge in [0.25, 0.3) is 0 Å². The van der Waals surface area contributed by atoms with Crippen LogP contribution in [0.25, 0.3) is 16.2 Å². The van der Waals surface area contributed by atoms with Crippen molar-refractivity contribution in [3.05, 3.63) is 47.6 Å². The Morgan fingerprint density at radius 3 is 2.94 bits per heavy atom. The fraction of sp³-hybridized carbons (Fsp3) is 0.0769. The summed E-state index contributed by atoms with van der Waals surface area (Å²) in [6.07, 6.45) is 1.85. The monoisotopic (exact) mass is 258 g/mol. The minimum atomic E-state index is -0.365. The summed E-state index contributed by atoms with van der Waals surface area (Å²) in [5, 5.41) is 2.00. The standard InChI is InChI=1S/C13H10N2O2S/c1-17-13(16)10-4-2-6-12-14-9(8-15(10)12)11-5-3-7-18-11/h2-8H,1H3. The normalized spacial score (nSPS) is 10.7. The van der Waals surface area contributed by atoms with Gasteiger partial charge < -0.3 is 4.74 Å². The summed E-state index contributed by atoms with van der Waals surface area (Å²) in [7, 11) is 1.37. The summed E-state index contributed by atoms with van der Waals surface area (Å²) in [5.74, 6) is -0.365. The number of pyridine rings is 1. The summed E-state index contributed by atoms with van der Waals surface area (Å²) in [6, 6.07) is 9.37. The third kappa shape index (κ3) is 1.69. The molecule has 18 heavy (non-hydrogen) atoms. The van der Waals surface area contributed by atoms with Gasteiger partial charge in [0.15, 0.2) is 0 Å². The topological polar surface area (TPSA) is 43.6 Å². The first-order chi connectivity index (χ1) is 8.79. The van der Waals surface area contributed by atoms with Crippen molar-refractivity contribution in [3.8, 4) is 10.6 Å². The molecule has 0 aliphatic rings. The average molecular weight is 258 g/mol. The molecular weight excluding hydrogens is 248 g/mol. The fourth-order valence-electron chi connectivity index (χ4n) is 1.82. The molecule has 3 heterocycles. The largest absolute Gasteiger partial charge is 0.464 e. The van der Waals surface area contributed by atoms with Crippen molar-refractivity contribution in [1.82, 2.24) is 9.38 Å². The predicted octanol–water partition coefficient (Wildman–Crippen LogP) is 2.85. The first-order valence-electron chi connectivity index (χ1n) is 5.40. The number of imidazole rings is 1. The van der Waals surface area contributed by atoms with Crippen molar-refractivity contribution in [2.24, 2.45) is 0 Å². The fourth-order valence-corrected chi connectivity index (χ4v) is 2.50. The quantitative estimate of drug-likeness (QED) is 0.664. The lowest BCUT2D eigenvalue weighted by molar-refractivity contribution is 0.0592. The second kappa shape index (κ2) is 4.27. The van der Waals surface area contributed by atoms with Crippen LogP contribution in [0.1, 0.15) is 10.5 Å². The highest BCUT2D eigenvalue weighted by atomic mass is 32.1. The number of aromatic nitrogens is 2. The van der Waals surface area contributed by atoms with Gasteiger partial charge in [0.05, 0.1) is 17.7 Å². The van der Waals surface area contributed by atoms with Gasteiger partial charge in [0, 0.05) is 6.20 Å². The van der Waals surface area contributed by atoms with Crippen molar-refractivity contribution in [2.75, 3.05) is 7.11 Å². The summed E-state index contributed by atoms with van der Waals surface area (Å²) in [6.45, 7) is 0. The van der Waals surface area contributed by atoms with E-state index in [1.54, 1.807) is 27.9 Å². The molecule has 0 aliphatic carbocycles. The molecule has 90 valence electrons. The van der Waals surface area contributed by atoms with E-state index in [0.717, 1.165) is 16.2 Å². The van der Waals surface area contributed by atoms with Crippen molar-refractivity contribution in [3.63, 3.8) is 0 Å².